The molecule has 80 valence electrons. The lowest BCUT2D eigenvalue weighted by molar-refractivity contribution is -0.127. The van der Waals surface area contributed by atoms with E-state index >= 15 is 0 Å². The first-order valence-electron chi connectivity index (χ1n) is 4.89. The Balaban J connectivity index is 2.51. The van der Waals surface area contributed by atoms with E-state index < -0.39 is 0 Å². The quantitative estimate of drug-likeness (QED) is 0.699. The van der Waals surface area contributed by atoms with Crippen LogP contribution >= 0.6 is 0 Å². The van der Waals surface area contributed by atoms with Crippen LogP contribution in [-0.4, -0.2) is 30.7 Å². The summed E-state index contributed by atoms with van der Waals surface area (Å²) in [5, 5.41) is 0. The molecule has 1 aromatic rings. The molecular formula is C12H15NO2. The van der Waals surface area contributed by atoms with Crippen molar-refractivity contribution < 1.29 is 9.59 Å². The van der Waals surface area contributed by atoms with E-state index in [0.29, 0.717) is 12.1 Å². The van der Waals surface area contributed by atoms with Crippen molar-refractivity contribution in [2.24, 2.45) is 0 Å². The van der Waals surface area contributed by atoms with E-state index in [-0.39, 0.29) is 5.91 Å². The summed E-state index contributed by atoms with van der Waals surface area (Å²) in [5.41, 5.74) is 1.81. The third-order valence-electron chi connectivity index (χ3n) is 2.39. The van der Waals surface area contributed by atoms with Gasteiger partial charge in [-0.2, -0.15) is 0 Å². The van der Waals surface area contributed by atoms with Crippen LogP contribution in [-0.2, 0) is 11.2 Å². The number of nitrogens with zero attached hydrogens (tertiary/aromatic N) is 1. The summed E-state index contributed by atoms with van der Waals surface area (Å²) in [6.45, 7) is 2.26. The molecule has 0 unspecified atom stereocenters. The number of amides is 1. The van der Waals surface area contributed by atoms with E-state index in [9.17, 15) is 9.59 Å². The second-order valence-electron chi connectivity index (χ2n) is 3.55. The molecule has 1 aromatic carbocycles. The highest BCUT2D eigenvalue weighted by Crippen LogP contribution is 2.04. The summed E-state index contributed by atoms with van der Waals surface area (Å²) in [6.07, 6.45) is 1.64. The van der Waals surface area contributed by atoms with Crippen LogP contribution in [0, 0.1) is 0 Å². The summed E-state index contributed by atoms with van der Waals surface area (Å²) in [6, 6.07) is 7.40. The number of rotatable bonds is 4. The van der Waals surface area contributed by atoms with Crippen molar-refractivity contribution >= 4 is 12.2 Å². The Morgan fingerprint density at radius 2 is 1.93 bits per heavy atom. The molecule has 0 aliphatic rings. The van der Waals surface area contributed by atoms with Crippen molar-refractivity contribution in [3.63, 3.8) is 0 Å². The first-order chi connectivity index (χ1) is 7.13. The molecule has 0 N–H and O–H groups in total. The second kappa shape index (κ2) is 5.29. The van der Waals surface area contributed by atoms with E-state index in [0.717, 1.165) is 18.3 Å². The molecule has 0 atom stereocenters. The number of benzene rings is 1. The van der Waals surface area contributed by atoms with Crippen LogP contribution in [0.5, 0.6) is 0 Å². The largest absolute Gasteiger partial charge is 0.346 e. The van der Waals surface area contributed by atoms with E-state index in [1.54, 1.807) is 31.0 Å². The van der Waals surface area contributed by atoms with E-state index in [2.05, 4.69) is 0 Å². The molecule has 1 rings (SSSR count). The maximum absolute atomic E-state index is 10.9. The van der Waals surface area contributed by atoms with Gasteiger partial charge in [0, 0.05) is 26.1 Å². The van der Waals surface area contributed by atoms with Gasteiger partial charge in [0.25, 0.3) is 0 Å². The summed E-state index contributed by atoms with van der Waals surface area (Å²) in [5.74, 6) is 0.0690. The average Bonchev–Trinajstić information content (AvgIpc) is 2.26. The smallest absolute Gasteiger partial charge is 0.219 e. The molecule has 0 fully saturated rings. The minimum atomic E-state index is 0.0690. The molecule has 3 nitrogen and oxygen atoms in total. The highest BCUT2D eigenvalue weighted by molar-refractivity contribution is 5.74. The molecule has 0 radical (unpaired) electrons. The first-order valence-corrected chi connectivity index (χ1v) is 4.89. The van der Waals surface area contributed by atoms with Gasteiger partial charge in [-0.25, -0.2) is 0 Å². The molecule has 0 bridgehead atoms. The van der Waals surface area contributed by atoms with Gasteiger partial charge >= 0.3 is 0 Å². The number of hydrogen-bond donors (Lipinski definition) is 0. The monoisotopic (exact) mass is 205 g/mol. The van der Waals surface area contributed by atoms with E-state index in [4.69, 9.17) is 0 Å². The third-order valence-corrected chi connectivity index (χ3v) is 2.39. The van der Waals surface area contributed by atoms with Gasteiger partial charge in [-0.1, -0.05) is 24.3 Å². The molecule has 3 heteroatoms. The van der Waals surface area contributed by atoms with Gasteiger partial charge < -0.3 is 4.90 Å². The summed E-state index contributed by atoms with van der Waals surface area (Å²) < 4.78 is 0. The minimum absolute atomic E-state index is 0.0690. The van der Waals surface area contributed by atoms with Crippen LogP contribution in [0.1, 0.15) is 22.8 Å². The van der Waals surface area contributed by atoms with Gasteiger partial charge in [0.05, 0.1) is 0 Å². The highest BCUT2D eigenvalue weighted by atomic mass is 16.2. The number of carbonyl (C=O) groups excluding carboxylic acids is 2. The van der Waals surface area contributed by atoms with Crippen LogP contribution in [0.2, 0.25) is 0 Å². The Morgan fingerprint density at radius 1 is 1.33 bits per heavy atom. The number of likely N-dealkylation sites (N-methyl/N-ethyl adjacent to an activating group) is 1. The molecule has 0 aliphatic heterocycles. The predicted octanol–water partition coefficient (Wildman–Crippen LogP) is 1.52. The lowest BCUT2D eigenvalue weighted by Crippen LogP contribution is -2.26. The Kier molecular flexibility index (Phi) is 4.03. The average molecular weight is 205 g/mol. The normalized spacial score (nSPS) is 9.73. The lowest BCUT2D eigenvalue weighted by atomic mass is 10.1. The SMILES string of the molecule is CC(=O)N(C)CCc1ccc(C=O)cc1. The Bertz CT molecular complexity index is 343. The van der Waals surface area contributed by atoms with Crippen LogP contribution < -0.4 is 0 Å². The molecule has 1 amide bonds. The number of aldehydes is 1. The lowest BCUT2D eigenvalue weighted by Gasteiger charge is -2.14. The molecule has 0 heterocycles. The fourth-order valence-corrected chi connectivity index (χ4v) is 1.22. The summed E-state index contributed by atoms with van der Waals surface area (Å²) in [4.78, 5) is 23.0. The van der Waals surface area contributed by atoms with Gasteiger partial charge in [0.1, 0.15) is 6.29 Å². The Hall–Kier alpha value is -1.64. The zero-order valence-electron chi connectivity index (χ0n) is 9.06. The predicted molar refractivity (Wildman–Crippen MR) is 58.8 cm³/mol. The Labute approximate surface area is 89.7 Å². The summed E-state index contributed by atoms with van der Waals surface area (Å²) in [7, 11) is 1.78. The molecule has 15 heavy (non-hydrogen) atoms. The van der Waals surface area contributed by atoms with Crippen molar-refractivity contribution in [1.82, 2.24) is 4.90 Å². The zero-order valence-corrected chi connectivity index (χ0v) is 9.06. The molecule has 0 aliphatic carbocycles. The van der Waals surface area contributed by atoms with Gasteiger partial charge in [-0.15, -0.1) is 0 Å². The van der Waals surface area contributed by atoms with Crippen LogP contribution in [0.15, 0.2) is 24.3 Å². The number of carbonyl (C=O) groups is 2. The zero-order chi connectivity index (χ0) is 11.3. The van der Waals surface area contributed by atoms with Crippen molar-refractivity contribution in [2.75, 3.05) is 13.6 Å². The number of hydrogen-bond acceptors (Lipinski definition) is 2. The maximum atomic E-state index is 10.9. The molecule has 0 saturated carbocycles. The maximum Gasteiger partial charge on any atom is 0.219 e. The second-order valence-corrected chi connectivity index (χ2v) is 3.55. The van der Waals surface area contributed by atoms with Gasteiger partial charge in [-0.3, -0.25) is 9.59 Å². The van der Waals surface area contributed by atoms with Crippen molar-refractivity contribution in [2.45, 2.75) is 13.3 Å². The van der Waals surface area contributed by atoms with Crippen LogP contribution in [0.3, 0.4) is 0 Å². The van der Waals surface area contributed by atoms with Crippen molar-refractivity contribution in [1.29, 1.82) is 0 Å². The Morgan fingerprint density at radius 3 is 2.40 bits per heavy atom. The van der Waals surface area contributed by atoms with E-state index in [1.807, 2.05) is 12.1 Å². The minimum Gasteiger partial charge on any atom is -0.346 e. The van der Waals surface area contributed by atoms with E-state index in [1.165, 1.54) is 0 Å². The molecule has 0 saturated heterocycles. The molecular weight excluding hydrogens is 190 g/mol. The highest BCUT2D eigenvalue weighted by Gasteiger charge is 2.01. The molecule has 0 aromatic heterocycles. The standard InChI is InChI=1S/C12H15NO2/c1-10(15)13(2)8-7-11-3-5-12(9-14)6-4-11/h3-6,9H,7-8H2,1-2H3. The molecule has 0 spiro atoms. The topological polar surface area (TPSA) is 37.4 Å². The van der Waals surface area contributed by atoms with Crippen LogP contribution in [0.25, 0.3) is 0 Å². The van der Waals surface area contributed by atoms with Gasteiger partial charge in [0.2, 0.25) is 5.91 Å². The fourth-order valence-electron chi connectivity index (χ4n) is 1.22. The fraction of sp³-hybridized carbons (Fsp3) is 0.333. The van der Waals surface area contributed by atoms with Gasteiger partial charge in [0.15, 0.2) is 0 Å². The summed E-state index contributed by atoms with van der Waals surface area (Å²) >= 11 is 0. The van der Waals surface area contributed by atoms with Gasteiger partial charge in [-0.05, 0) is 12.0 Å². The van der Waals surface area contributed by atoms with Crippen molar-refractivity contribution in [3.05, 3.63) is 35.4 Å². The van der Waals surface area contributed by atoms with Crippen molar-refractivity contribution in [3.8, 4) is 0 Å². The first kappa shape index (κ1) is 11.4. The third kappa shape index (κ3) is 3.54. The van der Waals surface area contributed by atoms with Crippen LogP contribution in [0.4, 0.5) is 0 Å².